The average Bonchev–Trinajstić information content (AvgIpc) is 3.44. The van der Waals surface area contributed by atoms with Crippen molar-refractivity contribution in [3.05, 3.63) is 48.4 Å². The minimum absolute atomic E-state index is 0.204. The van der Waals surface area contributed by atoms with Crippen molar-refractivity contribution in [1.29, 1.82) is 5.26 Å². The lowest BCUT2D eigenvalue weighted by Crippen LogP contribution is -2.73. The lowest BCUT2D eigenvalue weighted by molar-refractivity contribution is -0.0259. The molecule has 1 aromatic rings. The molecule has 0 aromatic heterocycles. The van der Waals surface area contributed by atoms with E-state index < -0.39 is 15.7 Å². The molecule has 0 amide bonds. The normalized spacial score (nSPS) is 27.1. The molecular weight excluding hydrogens is 405 g/mol. The number of likely N-dealkylation sites (tertiary alicyclic amines) is 1. The van der Waals surface area contributed by atoms with E-state index in [0.29, 0.717) is 37.5 Å². The van der Waals surface area contributed by atoms with E-state index in [0.717, 1.165) is 38.6 Å². The molecule has 1 aliphatic carbocycles. The van der Waals surface area contributed by atoms with Gasteiger partial charge in [0.15, 0.2) is 0 Å². The standard InChI is InChI=1S/C21H28FN5O2S/c1-2-24-30(28,29)27-14-21(15-27,9-10-23)26-11-7-18(8-12-26)25-20-13-19(20)16-3-5-17(22)6-4-16/h2-6,18-20,24-25H,1,7-9,11-15H2/t19?,20-/m1/s1. The predicted octanol–water partition coefficient (Wildman–Crippen LogP) is 1.68. The van der Waals surface area contributed by atoms with E-state index in [9.17, 15) is 18.1 Å². The second-order valence-corrected chi connectivity index (χ2v) is 10.3. The van der Waals surface area contributed by atoms with Crippen LogP contribution in [0.15, 0.2) is 37.0 Å². The number of nitrogens with one attached hydrogen (secondary N) is 2. The molecule has 1 unspecified atom stereocenters. The van der Waals surface area contributed by atoms with Gasteiger partial charge in [0.05, 0.1) is 18.0 Å². The Hall–Kier alpha value is -1.99. The van der Waals surface area contributed by atoms with Gasteiger partial charge in [-0.15, -0.1) is 0 Å². The topological polar surface area (TPSA) is 88.5 Å². The van der Waals surface area contributed by atoms with E-state index in [4.69, 9.17) is 0 Å². The van der Waals surface area contributed by atoms with Crippen molar-refractivity contribution < 1.29 is 12.8 Å². The smallest absolute Gasteiger partial charge is 0.301 e. The summed E-state index contributed by atoms with van der Waals surface area (Å²) in [4.78, 5) is 2.29. The second-order valence-electron chi connectivity index (χ2n) is 8.58. The number of nitriles is 1. The van der Waals surface area contributed by atoms with Crippen LogP contribution in [0.5, 0.6) is 0 Å². The number of benzene rings is 1. The van der Waals surface area contributed by atoms with E-state index in [-0.39, 0.29) is 5.82 Å². The van der Waals surface area contributed by atoms with Gasteiger partial charge in [0, 0.05) is 50.4 Å². The highest BCUT2D eigenvalue weighted by Gasteiger charge is 2.52. The molecule has 2 saturated heterocycles. The molecular formula is C21H28FN5O2S. The zero-order valence-corrected chi connectivity index (χ0v) is 17.7. The first-order chi connectivity index (χ1) is 14.4. The molecule has 3 aliphatic rings. The summed E-state index contributed by atoms with van der Waals surface area (Å²) >= 11 is 0. The third kappa shape index (κ3) is 4.23. The van der Waals surface area contributed by atoms with Gasteiger partial charge < -0.3 is 5.32 Å². The number of rotatable bonds is 8. The number of piperidine rings is 1. The Morgan fingerprint density at radius 2 is 1.93 bits per heavy atom. The van der Waals surface area contributed by atoms with Gasteiger partial charge in [0.25, 0.3) is 0 Å². The van der Waals surface area contributed by atoms with E-state index in [1.165, 1.54) is 22.0 Å². The second kappa shape index (κ2) is 8.27. The van der Waals surface area contributed by atoms with Gasteiger partial charge in [-0.3, -0.25) is 9.62 Å². The van der Waals surface area contributed by atoms with Crippen molar-refractivity contribution in [2.24, 2.45) is 0 Å². The van der Waals surface area contributed by atoms with Gasteiger partial charge in [-0.2, -0.15) is 18.0 Å². The molecule has 30 heavy (non-hydrogen) atoms. The quantitative estimate of drug-likeness (QED) is 0.651. The molecule has 0 radical (unpaired) electrons. The fourth-order valence-corrected chi connectivity index (χ4v) is 5.99. The molecule has 2 atom stereocenters. The molecule has 2 N–H and O–H groups in total. The fourth-order valence-electron chi connectivity index (χ4n) is 4.81. The van der Waals surface area contributed by atoms with Crippen molar-refractivity contribution in [2.75, 3.05) is 26.2 Å². The molecule has 1 saturated carbocycles. The average molecular weight is 434 g/mol. The third-order valence-electron chi connectivity index (χ3n) is 6.63. The summed E-state index contributed by atoms with van der Waals surface area (Å²) < 4.78 is 41.1. The third-order valence-corrected chi connectivity index (χ3v) is 8.03. The number of halogens is 1. The molecule has 7 nitrogen and oxygen atoms in total. The number of hydrogen-bond donors (Lipinski definition) is 2. The van der Waals surface area contributed by atoms with E-state index in [1.54, 1.807) is 0 Å². The summed E-state index contributed by atoms with van der Waals surface area (Å²) in [7, 11) is -3.56. The first-order valence-electron chi connectivity index (χ1n) is 10.4. The number of hydrogen-bond acceptors (Lipinski definition) is 5. The Morgan fingerprint density at radius 3 is 2.53 bits per heavy atom. The Balaban J connectivity index is 1.28. The van der Waals surface area contributed by atoms with Crippen LogP contribution in [0.3, 0.4) is 0 Å². The first-order valence-corrected chi connectivity index (χ1v) is 11.8. The summed E-state index contributed by atoms with van der Waals surface area (Å²) in [5.41, 5.74) is 0.787. The largest absolute Gasteiger partial charge is 0.311 e. The molecule has 0 spiro atoms. The highest BCUT2D eigenvalue weighted by Crippen LogP contribution is 2.42. The Bertz CT molecular complexity index is 916. The van der Waals surface area contributed by atoms with Crippen LogP contribution in [0.1, 0.15) is 37.2 Å². The van der Waals surface area contributed by atoms with Crippen molar-refractivity contribution in [2.45, 2.75) is 49.2 Å². The predicted molar refractivity (Wildman–Crippen MR) is 112 cm³/mol. The molecule has 162 valence electrons. The molecule has 2 aliphatic heterocycles. The zero-order valence-electron chi connectivity index (χ0n) is 16.9. The Labute approximate surface area is 177 Å². The molecule has 4 rings (SSSR count). The van der Waals surface area contributed by atoms with Crippen LogP contribution in [0.25, 0.3) is 0 Å². The first kappa shape index (κ1) is 21.2. The van der Waals surface area contributed by atoms with E-state index >= 15 is 0 Å². The van der Waals surface area contributed by atoms with Gasteiger partial charge in [-0.1, -0.05) is 18.7 Å². The van der Waals surface area contributed by atoms with Crippen molar-refractivity contribution >= 4 is 10.2 Å². The highest BCUT2D eigenvalue weighted by atomic mass is 32.2. The maximum Gasteiger partial charge on any atom is 0.301 e. The fraction of sp³-hybridized carbons (Fsp3) is 0.571. The van der Waals surface area contributed by atoms with Crippen LogP contribution >= 0.6 is 0 Å². The maximum atomic E-state index is 13.1. The molecule has 1 aromatic carbocycles. The molecule has 9 heteroatoms. The van der Waals surface area contributed by atoms with Gasteiger partial charge in [-0.25, -0.2) is 4.39 Å². The number of nitrogens with zero attached hydrogens (tertiary/aromatic N) is 3. The Kier molecular flexibility index (Phi) is 5.86. The van der Waals surface area contributed by atoms with Crippen LogP contribution in [-0.4, -0.2) is 61.4 Å². The summed E-state index contributed by atoms with van der Waals surface area (Å²) in [5, 5.41) is 13.0. The van der Waals surface area contributed by atoms with E-state index in [1.807, 2.05) is 12.1 Å². The van der Waals surface area contributed by atoms with Crippen molar-refractivity contribution in [3.63, 3.8) is 0 Å². The van der Waals surface area contributed by atoms with E-state index in [2.05, 4.69) is 27.6 Å². The lowest BCUT2D eigenvalue weighted by atomic mass is 9.84. The highest BCUT2D eigenvalue weighted by molar-refractivity contribution is 7.87. The summed E-state index contributed by atoms with van der Waals surface area (Å²) in [6.07, 6.45) is 4.50. The minimum Gasteiger partial charge on any atom is -0.311 e. The summed E-state index contributed by atoms with van der Waals surface area (Å²) in [6, 6.07) is 9.88. The lowest BCUT2D eigenvalue weighted by Gasteiger charge is -2.55. The summed E-state index contributed by atoms with van der Waals surface area (Å²) in [5.74, 6) is 0.251. The monoisotopic (exact) mass is 433 g/mol. The van der Waals surface area contributed by atoms with Gasteiger partial charge in [0.1, 0.15) is 5.82 Å². The molecule has 2 heterocycles. The van der Waals surface area contributed by atoms with Crippen LogP contribution in [-0.2, 0) is 10.2 Å². The van der Waals surface area contributed by atoms with Gasteiger partial charge in [-0.05, 0) is 37.0 Å². The minimum atomic E-state index is -3.56. The Morgan fingerprint density at radius 1 is 1.27 bits per heavy atom. The van der Waals surface area contributed by atoms with Crippen LogP contribution in [0.2, 0.25) is 0 Å². The van der Waals surface area contributed by atoms with Crippen LogP contribution in [0, 0.1) is 17.1 Å². The molecule has 0 bridgehead atoms. The SMILES string of the molecule is C=CNS(=O)(=O)N1CC(CC#N)(N2CCC(N[C@@H]3CC3c3ccc(F)cc3)CC2)C1. The summed E-state index contributed by atoms with van der Waals surface area (Å²) in [6.45, 7) is 5.76. The van der Waals surface area contributed by atoms with Crippen LogP contribution in [0.4, 0.5) is 4.39 Å². The molecule has 3 fully saturated rings. The van der Waals surface area contributed by atoms with Crippen molar-refractivity contribution in [3.8, 4) is 6.07 Å². The van der Waals surface area contributed by atoms with Gasteiger partial charge >= 0.3 is 10.2 Å². The van der Waals surface area contributed by atoms with Crippen molar-refractivity contribution in [1.82, 2.24) is 19.2 Å². The van der Waals surface area contributed by atoms with Crippen LogP contribution < -0.4 is 10.0 Å². The maximum absolute atomic E-state index is 13.1. The zero-order chi connectivity index (χ0) is 21.4. The van der Waals surface area contributed by atoms with Gasteiger partial charge in [0.2, 0.25) is 0 Å².